The van der Waals surface area contributed by atoms with Crippen LogP contribution < -0.4 is 0 Å². The molecule has 0 spiro atoms. The van der Waals surface area contributed by atoms with Crippen molar-refractivity contribution in [3.63, 3.8) is 0 Å². The van der Waals surface area contributed by atoms with Gasteiger partial charge in [-0.1, -0.05) is 17.7 Å². The van der Waals surface area contributed by atoms with Crippen molar-refractivity contribution in [2.45, 2.75) is 64.4 Å². The number of ether oxygens (including phenoxy) is 1. The van der Waals surface area contributed by atoms with E-state index < -0.39 is 11.7 Å². The number of aliphatic hydroxyl groups excluding tert-OH is 1. The summed E-state index contributed by atoms with van der Waals surface area (Å²) in [5, 5.41) is 20.8. The predicted octanol–water partition coefficient (Wildman–Crippen LogP) is 2.19. The SMILES string of the molecule is CC(C)=C[C@H]1C[C@@](C)(O)[C@H]2CC=C(C)[C@@H](O)[C@H]2O1. The van der Waals surface area contributed by atoms with E-state index in [2.05, 4.69) is 0 Å². The minimum atomic E-state index is -0.780. The van der Waals surface area contributed by atoms with E-state index in [0.717, 1.165) is 12.0 Å². The van der Waals surface area contributed by atoms with Crippen LogP contribution in [-0.4, -0.2) is 34.1 Å². The van der Waals surface area contributed by atoms with Gasteiger partial charge in [-0.3, -0.25) is 0 Å². The summed E-state index contributed by atoms with van der Waals surface area (Å²) in [6, 6.07) is 0. The Hall–Kier alpha value is -0.640. The molecule has 2 aliphatic rings. The first kappa shape index (κ1) is 13.8. The van der Waals surface area contributed by atoms with Gasteiger partial charge in [-0.2, -0.15) is 0 Å². The second-order valence-electron chi connectivity index (χ2n) is 6.18. The smallest absolute Gasteiger partial charge is 0.101 e. The molecule has 0 radical (unpaired) electrons. The summed E-state index contributed by atoms with van der Waals surface area (Å²) in [4.78, 5) is 0. The average Bonchev–Trinajstić information content (AvgIpc) is 2.22. The van der Waals surface area contributed by atoms with Crippen molar-refractivity contribution in [1.29, 1.82) is 0 Å². The highest BCUT2D eigenvalue weighted by molar-refractivity contribution is 5.18. The van der Waals surface area contributed by atoms with Crippen LogP contribution in [0.2, 0.25) is 0 Å². The number of hydrogen-bond acceptors (Lipinski definition) is 3. The molecule has 0 saturated carbocycles. The van der Waals surface area contributed by atoms with Crippen LogP contribution in [0.1, 0.15) is 40.5 Å². The van der Waals surface area contributed by atoms with Gasteiger partial charge in [0.15, 0.2) is 0 Å². The maximum absolute atomic E-state index is 10.6. The quantitative estimate of drug-likeness (QED) is 0.703. The monoisotopic (exact) mass is 252 g/mol. The molecule has 3 nitrogen and oxygen atoms in total. The third-order valence-corrected chi connectivity index (χ3v) is 4.13. The molecule has 2 rings (SSSR count). The Labute approximate surface area is 109 Å². The molecular formula is C15H24O3. The van der Waals surface area contributed by atoms with E-state index in [-0.39, 0.29) is 18.1 Å². The van der Waals surface area contributed by atoms with Crippen molar-refractivity contribution in [3.05, 3.63) is 23.3 Å². The molecular weight excluding hydrogens is 228 g/mol. The highest BCUT2D eigenvalue weighted by atomic mass is 16.5. The molecule has 18 heavy (non-hydrogen) atoms. The molecule has 3 heteroatoms. The van der Waals surface area contributed by atoms with Crippen LogP contribution in [0.4, 0.5) is 0 Å². The molecule has 0 bridgehead atoms. The third kappa shape index (κ3) is 2.53. The van der Waals surface area contributed by atoms with Gasteiger partial charge in [-0.05, 0) is 39.7 Å². The molecule has 0 aromatic heterocycles. The van der Waals surface area contributed by atoms with Gasteiger partial charge in [0.05, 0.1) is 17.8 Å². The van der Waals surface area contributed by atoms with Gasteiger partial charge in [0, 0.05) is 12.3 Å². The Balaban J connectivity index is 2.26. The van der Waals surface area contributed by atoms with Gasteiger partial charge >= 0.3 is 0 Å². The fraction of sp³-hybridized carbons (Fsp3) is 0.733. The highest BCUT2D eigenvalue weighted by Crippen LogP contribution is 2.42. The Kier molecular flexibility index (Phi) is 3.67. The summed E-state index contributed by atoms with van der Waals surface area (Å²) in [7, 11) is 0. The standard InChI is InChI=1S/C15H24O3/c1-9(2)7-11-8-15(4,17)12-6-5-10(3)13(16)14(12)18-11/h5,7,11-14,16-17H,6,8H2,1-4H3/t11-,12-,13+,14-,15+/m0/s1. The van der Waals surface area contributed by atoms with Crippen molar-refractivity contribution in [2.75, 3.05) is 0 Å². The van der Waals surface area contributed by atoms with Crippen LogP contribution in [0.15, 0.2) is 23.3 Å². The van der Waals surface area contributed by atoms with E-state index in [9.17, 15) is 10.2 Å². The van der Waals surface area contributed by atoms with Crippen LogP contribution in [0.5, 0.6) is 0 Å². The first-order valence-corrected chi connectivity index (χ1v) is 6.69. The normalized spacial score (nSPS) is 44.0. The Morgan fingerprint density at radius 2 is 2.17 bits per heavy atom. The largest absolute Gasteiger partial charge is 0.390 e. The van der Waals surface area contributed by atoms with Gasteiger partial charge in [0.1, 0.15) is 6.10 Å². The zero-order valence-corrected chi connectivity index (χ0v) is 11.7. The van der Waals surface area contributed by atoms with Crippen LogP contribution in [-0.2, 0) is 4.74 Å². The lowest BCUT2D eigenvalue weighted by atomic mass is 9.71. The van der Waals surface area contributed by atoms with E-state index in [1.165, 1.54) is 5.57 Å². The molecule has 0 unspecified atom stereocenters. The fourth-order valence-electron chi connectivity index (χ4n) is 3.10. The fourth-order valence-corrected chi connectivity index (χ4v) is 3.10. The Bertz CT molecular complexity index is 377. The van der Waals surface area contributed by atoms with Crippen LogP contribution in [0.3, 0.4) is 0 Å². The minimum absolute atomic E-state index is 0.0157. The van der Waals surface area contributed by atoms with E-state index in [0.29, 0.717) is 6.42 Å². The molecule has 0 aromatic carbocycles. The van der Waals surface area contributed by atoms with Crippen LogP contribution in [0, 0.1) is 5.92 Å². The summed E-state index contributed by atoms with van der Waals surface area (Å²) in [6.45, 7) is 7.82. The number of rotatable bonds is 1. The van der Waals surface area contributed by atoms with Gasteiger partial charge in [-0.15, -0.1) is 0 Å². The van der Waals surface area contributed by atoms with Crippen molar-refractivity contribution in [1.82, 2.24) is 0 Å². The summed E-state index contributed by atoms with van der Waals surface area (Å²) < 4.78 is 5.99. The predicted molar refractivity (Wildman–Crippen MR) is 71.2 cm³/mol. The van der Waals surface area contributed by atoms with Crippen LogP contribution in [0.25, 0.3) is 0 Å². The van der Waals surface area contributed by atoms with E-state index in [1.807, 2.05) is 39.8 Å². The second kappa shape index (κ2) is 4.80. The average molecular weight is 252 g/mol. The molecule has 2 N–H and O–H groups in total. The Morgan fingerprint density at radius 3 is 2.78 bits per heavy atom. The molecule has 1 saturated heterocycles. The van der Waals surface area contributed by atoms with Gasteiger partial charge in [0.25, 0.3) is 0 Å². The molecule has 0 aromatic rings. The van der Waals surface area contributed by atoms with Crippen molar-refractivity contribution >= 4 is 0 Å². The molecule has 1 fully saturated rings. The maximum Gasteiger partial charge on any atom is 0.101 e. The van der Waals surface area contributed by atoms with Gasteiger partial charge in [0.2, 0.25) is 0 Å². The molecule has 102 valence electrons. The minimum Gasteiger partial charge on any atom is -0.390 e. The lowest BCUT2D eigenvalue weighted by molar-refractivity contribution is -0.192. The van der Waals surface area contributed by atoms with E-state index in [4.69, 9.17) is 4.74 Å². The third-order valence-electron chi connectivity index (χ3n) is 4.13. The van der Waals surface area contributed by atoms with E-state index >= 15 is 0 Å². The van der Waals surface area contributed by atoms with Gasteiger partial charge < -0.3 is 14.9 Å². The van der Waals surface area contributed by atoms with Crippen molar-refractivity contribution in [2.24, 2.45) is 5.92 Å². The summed E-state index contributed by atoms with van der Waals surface area (Å²) in [5.41, 5.74) is 1.34. The van der Waals surface area contributed by atoms with Crippen LogP contribution >= 0.6 is 0 Å². The summed E-state index contributed by atoms with van der Waals surface area (Å²) in [5.74, 6) is -0.0157. The molecule has 0 amide bonds. The summed E-state index contributed by atoms with van der Waals surface area (Å²) >= 11 is 0. The topological polar surface area (TPSA) is 49.7 Å². The lowest BCUT2D eigenvalue weighted by Gasteiger charge is -2.48. The van der Waals surface area contributed by atoms with Gasteiger partial charge in [-0.25, -0.2) is 0 Å². The first-order chi connectivity index (χ1) is 8.31. The molecule has 1 aliphatic carbocycles. The molecule has 5 atom stereocenters. The first-order valence-electron chi connectivity index (χ1n) is 6.69. The number of fused-ring (bicyclic) bond motifs is 1. The molecule has 1 aliphatic heterocycles. The van der Waals surface area contributed by atoms with E-state index in [1.54, 1.807) is 0 Å². The zero-order valence-electron chi connectivity index (χ0n) is 11.7. The number of allylic oxidation sites excluding steroid dienone is 2. The highest BCUT2D eigenvalue weighted by Gasteiger charge is 2.48. The summed E-state index contributed by atoms with van der Waals surface area (Å²) in [6.07, 6.45) is 4.44. The van der Waals surface area contributed by atoms with Crippen molar-refractivity contribution < 1.29 is 14.9 Å². The molecule has 1 heterocycles. The maximum atomic E-state index is 10.6. The second-order valence-corrected chi connectivity index (χ2v) is 6.18. The lowest BCUT2D eigenvalue weighted by Crippen LogP contribution is -2.56. The number of aliphatic hydroxyl groups is 2. The zero-order chi connectivity index (χ0) is 13.5. The number of hydrogen-bond donors (Lipinski definition) is 2. The Morgan fingerprint density at radius 1 is 1.50 bits per heavy atom. The van der Waals surface area contributed by atoms with Crippen molar-refractivity contribution in [3.8, 4) is 0 Å².